The molecule has 5 atom stereocenters. The van der Waals surface area contributed by atoms with E-state index < -0.39 is 0 Å². The summed E-state index contributed by atoms with van der Waals surface area (Å²) in [6.45, 7) is 6.11. The van der Waals surface area contributed by atoms with Crippen molar-refractivity contribution >= 4 is 0 Å². The van der Waals surface area contributed by atoms with Gasteiger partial charge in [0, 0.05) is 5.54 Å². The Hall–Kier alpha value is -0.0400. The van der Waals surface area contributed by atoms with Crippen LogP contribution in [-0.4, -0.2) is 12.1 Å². The van der Waals surface area contributed by atoms with Gasteiger partial charge in [0.2, 0.25) is 0 Å². The van der Waals surface area contributed by atoms with Crippen LogP contribution in [0.2, 0.25) is 0 Å². The SMILES string of the molecule is CC1CCC2(CC(C)C3CC32)NC1. The first-order valence-electron chi connectivity index (χ1n) is 5.96. The minimum absolute atomic E-state index is 0.608. The lowest BCUT2D eigenvalue weighted by molar-refractivity contribution is 0.185. The lowest BCUT2D eigenvalue weighted by Gasteiger charge is -2.39. The molecule has 1 nitrogen and oxygen atoms in total. The van der Waals surface area contributed by atoms with Gasteiger partial charge in [-0.25, -0.2) is 0 Å². The molecule has 0 aromatic rings. The van der Waals surface area contributed by atoms with E-state index in [0.29, 0.717) is 5.54 Å². The summed E-state index contributed by atoms with van der Waals surface area (Å²) in [7, 11) is 0. The number of fused-ring (bicyclic) bond motifs is 2. The van der Waals surface area contributed by atoms with Gasteiger partial charge in [-0.2, -0.15) is 0 Å². The maximum atomic E-state index is 3.87. The summed E-state index contributed by atoms with van der Waals surface area (Å²) in [4.78, 5) is 0. The molecule has 1 heterocycles. The van der Waals surface area contributed by atoms with E-state index in [9.17, 15) is 0 Å². The smallest absolute Gasteiger partial charge is 0.0215 e. The van der Waals surface area contributed by atoms with E-state index in [0.717, 1.165) is 23.7 Å². The van der Waals surface area contributed by atoms with Gasteiger partial charge in [-0.05, 0) is 55.9 Å². The van der Waals surface area contributed by atoms with Crippen molar-refractivity contribution in [3.05, 3.63) is 0 Å². The van der Waals surface area contributed by atoms with Crippen molar-refractivity contribution in [2.24, 2.45) is 23.7 Å². The molecule has 13 heavy (non-hydrogen) atoms. The third-order valence-electron chi connectivity index (χ3n) is 4.85. The second-order valence-corrected chi connectivity index (χ2v) is 5.87. The first-order valence-corrected chi connectivity index (χ1v) is 5.96. The standard InChI is InChI=1S/C12H21N/c1-8-3-4-12(13-7-8)6-9(2)10-5-11(10)12/h8-11,13H,3-7H2,1-2H3. The quantitative estimate of drug-likeness (QED) is 0.602. The molecule has 2 saturated carbocycles. The second-order valence-electron chi connectivity index (χ2n) is 5.87. The van der Waals surface area contributed by atoms with Crippen LogP contribution < -0.4 is 5.32 Å². The van der Waals surface area contributed by atoms with Crippen molar-refractivity contribution in [1.29, 1.82) is 0 Å². The van der Waals surface area contributed by atoms with Gasteiger partial charge in [-0.1, -0.05) is 13.8 Å². The maximum Gasteiger partial charge on any atom is 0.0215 e. The molecule has 0 aromatic heterocycles. The van der Waals surface area contributed by atoms with Crippen LogP contribution in [-0.2, 0) is 0 Å². The Morgan fingerprint density at radius 2 is 2.15 bits per heavy atom. The van der Waals surface area contributed by atoms with Crippen LogP contribution >= 0.6 is 0 Å². The fraction of sp³-hybridized carbons (Fsp3) is 1.00. The summed E-state index contributed by atoms with van der Waals surface area (Å²) >= 11 is 0. The predicted molar refractivity (Wildman–Crippen MR) is 54.5 cm³/mol. The lowest BCUT2D eigenvalue weighted by Crippen LogP contribution is -2.51. The van der Waals surface area contributed by atoms with Crippen LogP contribution in [0.4, 0.5) is 0 Å². The molecule has 0 radical (unpaired) electrons. The first kappa shape index (κ1) is 8.28. The molecule has 0 amide bonds. The highest BCUT2D eigenvalue weighted by Gasteiger charge is 2.61. The fourth-order valence-electron chi connectivity index (χ4n) is 3.92. The van der Waals surface area contributed by atoms with Gasteiger partial charge in [0.15, 0.2) is 0 Å². The van der Waals surface area contributed by atoms with Crippen LogP contribution in [0.15, 0.2) is 0 Å². The Kier molecular flexibility index (Phi) is 1.59. The second kappa shape index (κ2) is 2.50. The summed E-state index contributed by atoms with van der Waals surface area (Å²) in [6, 6.07) is 0. The van der Waals surface area contributed by atoms with E-state index in [-0.39, 0.29) is 0 Å². The van der Waals surface area contributed by atoms with Gasteiger partial charge >= 0.3 is 0 Å². The number of hydrogen-bond acceptors (Lipinski definition) is 1. The normalized spacial score (nSPS) is 59.5. The zero-order valence-electron chi connectivity index (χ0n) is 8.84. The molecule has 5 unspecified atom stereocenters. The van der Waals surface area contributed by atoms with Gasteiger partial charge in [0.1, 0.15) is 0 Å². The maximum absolute atomic E-state index is 3.87. The highest BCUT2D eigenvalue weighted by Crippen LogP contribution is 2.62. The van der Waals surface area contributed by atoms with Gasteiger partial charge in [-0.3, -0.25) is 0 Å². The molecule has 1 saturated heterocycles. The number of nitrogens with one attached hydrogen (secondary N) is 1. The molecule has 1 aliphatic heterocycles. The average Bonchev–Trinajstić information content (AvgIpc) is 2.85. The number of piperidine rings is 1. The van der Waals surface area contributed by atoms with E-state index in [2.05, 4.69) is 19.2 Å². The predicted octanol–water partition coefficient (Wildman–Crippen LogP) is 2.42. The highest BCUT2D eigenvalue weighted by atomic mass is 15.0. The molecule has 3 rings (SSSR count). The van der Waals surface area contributed by atoms with Gasteiger partial charge in [-0.15, -0.1) is 0 Å². The Bertz CT molecular complexity index is 215. The summed E-state index contributed by atoms with van der Waals surface area (Å²) in [5, 5.41) is 3.87. The third kappa shape index (κ3) is 1.09. The average molecular weight is 179 g/mol. The van der Waals surface area contributed by atoms with E-state index in [1.54, 1.807) is 0 Å². The van der Waals surface area contributed by atoms with Crippen molar-refractivity contribution in [1.82, 2.24) is 5.32 Å². The lowest BCUT2D eigenvalue weighted by atomic mass is 9.80. The molecule has 74 valence electrons. The van der Waals surface area contributed by atoms with Crippen molar-refractivity contribution < 1.29 is 0 Å². The molecular weight excluding hydrogens is 158 g/mol. The first-order chi connectivity index (χ1) is 6.21. The molecule has 0 aromatic carbocycles. The molecule has 0 bridgehead atoms. The largest absolute Gasteiger partial charge is 0.311 e. The summed E-state index contributed by atoms with van der Waals surface area (Å²) in [5.74, 6) is 4.08. The zero-order chi connectivity index (χ0) is 9.05. The molecular formula is C12H21N. The molecule has 1 N–H and O–H groups in total. The molecule has 2 aliphatic carbocycles. The zero-order valence-corrected chi connectivity index (χ0v) is 8.84. The van der Waals surface area contributed by atoms with E-state index in [4.69, 9.17) is 0 Å². The monoisotopic (exact) mass is 179 g/mol. The Balaban J connectivity index is 1.76. The number of rotatable bonds is 0. The van der Waals surface area contributed by atoms with Gasteiger partial charge in [0.25, 0.3) is 0 Å². The summed E-state index contributed by atoms with van der Waals surface area (Å²) < 4.78 is 0. The van der Waals surface area contributed by atoms with Crippen molar-refractivity contribution in [2.45, 2.75) is 45.1 Å². The summed E-state index contributed by atoms with van der Waals surface area (Å²) in [6.07, 6.45) is 5.92. The van der Waals surface area contributed by atoms with Gasteiger partial charge in [0.05, 0.1) is 0 Å². The van der Waals surface area contributed by atoms with Crippen LogP contribution in [0, 0.1) is 23.7 Å². The minimum atomic E-state index is 0.608. The van der Waals surface area contributed by atoms with Crippen LogP contribution in [0.1, 0.15) is 39.5 Å². The Morgan fingerprint density at radius 3 is 2.62 bits per heavy atom. The molecule has 1 heteroatoms. The number of hydrogen-bond donors (Lipinski definition) is 1. The van der Waals surface area contributed by atoms with Crippen molar-refractivity contribution in [3.63, 3.8) is 0 Å². The fourth-order valence-corrected chi connectivity index (χ4v) is 3.92. The van der Waals surface area contributed by atoms with E-state index >= 15 is 0 Å². The van der Waals surface area contributed by atoms with Crippen molar-refractivity contribution in [3.8, 4) is 0 Å². The van der Waals surface area contributed by atoms with Crippen LogP contribution in [0.25, 0.3) is 0 Å². The van der Waals surface area contributed by atoms with Gasteiger partial charge < -0.3 is 5.32 Å². The molecule has 3 aliphatic rings. The Labute approximate surface area is 81.3 Å². The summed E-state index contributed by atoms with van der Waals surface area (Å²) in [5.41, 5.74) is 0.608. The molecule has 3 fully saturated rings. The Morgan fingerprint density at radius 1 is 1.31 bits per heavy atom. The van der Waals surface area contributed by atoms with Crippen molar-refractivity contribution in [2.75, 3.05) is 6.54 Å². The molecule has 1 spiro atoms. The topological polar surface area (TPSA) is 12.0 Å². The highest BCUT2D eigenvalue weighted by molar-refractivity contribution is 5.15. The van der Waals surface area contributed by atoms with Crippen LogP contribution in [0.5, 0.6) is 0 Å². The van der Waals surface area contributed by atoms with E-state index in [1.807, 2.05) is 0 Å². The third-order valence-corrected chi connectivity index (χ3v) is 4.85. The van der Waals surface area contributed by atoms with E-state index in [1.165, 1.54) is 32.2 Å². The minimum Gasteiger partial charge on any atom is -0.311 e. The van der Waals surface area contributed by atoms with Crippen LogP contribution in [0.3, 0.4) is 0 Å².